The summed E-state index contributed by atoms with van der Waals surface area (Å²) >= 11 is 0. The van der Waals surface area contributed by atoms with Crippen molar-refractivity contribution < 1.29 is 18.7 Å². The van der Waals surface area contributed by atoms with Gasteiger partial charge in [-0.1, -0.05) is 12.1 Å². The first kappa shape index (κ1) is 23.7. The number of aromatic nitrogens is 2. The summed E-state index contributed by atoms with van der Waals surface area (Å²) in [5.74, 6) is 0.0326. The predicted molar refractivity (Wildman–Crippen MR) is 136 cm³/mol. The number of aliphatic hydroxyl groups is 1. The molecule has 1 aromatic carbocycles. The van der Waals surface area contributed by atoms with Crippen LogP contribution in [-0.4, -0.2) is 57.4 Å². The number of nitrogens with two attached hydrogens (primary N) is 1. The van der Waals surface area contributed by atoms with Gasteiger partial charge in [-0.25, -0.2) is 13.8 Å². The second kappa shape index (κ2) is 8.41. The van der Waals surface area contributed by atoms with Gasteiger partial charge < -0.3 is 26.5 Å². The maximum Gasteiger partial charge on any atom is 0.274 e. The average Bonchev–Trinajstić information content (AvgIpc) is 3.56. The molecule has 1 aliphatic heterocycles. The minimum absolute atomic E-state index is 0.111. The lowest BCUT2D eigenvalue weighted by molar-refractivity contribution is -0.209. The van der Waals surface area contributed by atoms with E-state index in [2.05, 4.69) is 25.7 Å². The standard InChI is InChI=1S/C26H29F2N7O2/c1-15-2-3-16(22(29)33-32-17-4-5-17)8-19(15)31-23(36)20-9-30-21-7-6-18(10-35(20)21)34-13-25(14-34)11-26(37,12-25)24(27)28/h2-3,6-10,17,24,32,37H,4-5,11-14H2,1H3,(H2,29,33)(H,31,36). The molecule has 11 heteroatoms. The van der Waals surface area contributed by atoms with Gasteiger partial charge in [-0.2, -0.15) is 5.10 Å². The zero-order valence-electron chi connectivity index (χ0n) is 20.4. The number of carbonyl (C=O) groups is 1. The molecule has 2 aromatic heterocycles. The minimum atomic E-state index is -2.72. The molecule has 1 spiro atoms. The number of nitrogens with one attached hydrogen (secondary N) is 2. The third-order valence-corrected chi connectivity index (χ3v) is 7.64. The number of halogens is 2. The number of fused-ring (bicyclic) bond motifs is 1. The molecule has 0 bridgehead atoms. The van der Waals surface area contributed by atoms with Crippen LogP contribution in [0.15, 0.2) is 47.8 Å². The summed E-state index contributed by atoms with van der Waals surface area (Å²) in [5, 5.41) is 17.2. The maximum absolute atomic E-state index is 13.2. The van der Waals surface area contributed by atoms with Crippen molar-refractivity contribution in [3.05, 3.63) is 59.5 Å². The number of carbonyl (C=O) groups excluding carboxylic acids is 1. The molecule has 9 nitrogen and oxygen atoms in total. The molecular weight excluding hydrogens is 480 g/mol. The van der Waals surface area contributed by atoms with E-state index in [0.717, 1.165) is 24.1 Å². The Balaban J connectivity index is 1.17. The summed E-state index contributed by atoms with van der Waals surface area (Å²) in [7, 11) is 0. The van der Waals surface area contributed by atoms with Crippen molar-refractivity contribution in [2.24, 2.45) is 16.3 Å². The van der Waals surface area contributed by atoms with Crippen LogP contribution in [0.1, 0.15) is 47.3 Å². The van der Waals surface area contributed by atoms with Gasteiger partial charge in [0, 0.05) is 42.0 Å². The molecule has 3 heterocycles. The van der Waals surface area contributed by atoms with E-state index in [1.165, 1.54) is 6.20 Å². The van der Waals surface area contributed by atoms with Crippen LogP contribution in [0, 0.1) is 12.3 Å². The van der Waals surface area contributed by atoms with Crippen molar-refractivity contribution in [2.75, 3.05) is 23.3 Å². The Morgan fingerprint density at radius 2 is 2.00 bits per heavy atom. The fraction of sp³-hybridized carbons (Fsp3) is 0.423. The zero-order chi connectivity index (χ0) is 25.9. The molecule has 3 aliphatic rings. The van der Waals surface area contributed by atoms with Crippen LogP contribution in [0.2, 0.25) is 0 Å². The number of hydrazone groups is 1. The number of hydrogen-bond acceptors (Lipinski definition) is 6. The van der Waals surface area contributed by atoms with Crippen molar-refractivity contribution in [3.8, 4) is 0 Å². The fourth-order valence-corrected chi connectivity index (χ4v) is 5.44. The van der Waals surface area contributed by atoms with Crippen LogP contribution in [0.25, 0.3) is 5.65 Å². The minimum Gasteiger partial charge on any atom is -0.384 e. The van der Waals surface area contributed by atoms with E-state index in [4.69, 9.17) is 5.73 Å². The Morgan fingerprint density at radius 3 is 2.70 bits per heavy atom. The highest BCUT2D eigenvalue weighted by atomic mass is 19.3. The SMILES string of the molecule is Cc1ccc(/C(N)=N/NC2CC2)cc1NC(=O)c1cnc2ccc(N3CC4(C3)CC(O)(C(F)F)C4)cn12. The molecule has 2 aliphatic carbocycles. The number of amides is 1. The Bertz CT molecular complexity index is 1400. The maximum atomic E-state index is 13.2. The molecule has 0 unspecified atom stereocenters. The lowest BCUT2D eigenvalue weighted by atomic mass is 9.55. The quantitative estimate of drug-likeness (QED) is 0.221. The molecule has 37 heavy (non-hydrogen) atoms. The lowest BCUT2D eigenvalue weighted by Gasteiger charge is -2.62. The first-order valence-electron chi connectivity index (χ1n) is 12.4. The Labute approximate surface area is 212 Å². The fourth-order valence-electron chi connectivity index (χ4n) is 5.44. The summed E-state index contributed by atoms with van der Waals surface area (Å²) in [6, 6.07) is 9.66. The highest BCUT2D eigenvalue weighted by Gasteiger charge is 2.63. The van der Waals surface area contributed by atoms with Crippen molar-refractivity contribution in [1.29, 1.82) is 0 Å². The van der Waals surface area contributed by atoms with E-state index in [1.807, 2.05) is 37.4 Å². The number of benzene rings is 1. The number of anilines is 2. The van der Waals surface area contributed by atoms with E-state index in [-0.39, 0.29) is 24.2 Å². The van der Waals surface area contributed by atoms with Crippen LogP contribution in [0.5, 0.6) is 0 Å². The third kappa shape index (κ3) is 4.26. The second-order valence-corrected chi connectivity index (χ2v) is 10.8. The van der Waals surface area contributed by atoms with Crippen LogP contribution in [0.3, 0.4) is 0 Å². The van der Waals surface area contributed by atoms with Crippen LogP contribution in [-0.2, 0) is 0 Å². The van der Waals surface area contributed by atoms with E-state index in [1.54, 1.807) is 10.5 Å². The van der Waals surface area contributed by atoms with E-state index in [0.29, 0.717) is 47.6 Å². The van der Waals surface area contributed by atoms with Gasteiger partial charge in [0.25, 0.3) is 12.3 Å². The van der Waals surface area contributed by atoms with Crippen molar-refractivity contribution >= 4 is 28.8 Å². The number of alkyl halides is 2. The molecule has 194 valence electrons. The van der Waals surface area contributed by atoms with Crippen molar-refractivity contribution in [2.45, 2.75) is 50.7 Å². The third-order valence-electron chi connectivity index (χ3n) is 7.64. The molecule has 1 amide bonds. The van der Waals surface area contributed by atoms with Crippen molar-refractivity contribution in [3.63, 3.8) is 0 Å². The lowest BCUT2D eigenvalue weighted by Crippen LogP contribution is -2.70. The molecule has 0 atom stereocenters. The van der Waals surface area contributed by atoms with Gasteiger partial charge in [0.1, 0.15) is 16.9 Å². The van der Waals surface area contributed by atoms with Crippen LogP contribution < -0.4 is 21.4 Å². The van der Waals surface area contributed by atoms with E-state index >= 15 is 0 Å². The molecule has 6 rings (SSSR count). The molecule has 3 fully saturated rings. The summed E-state index contributed by atoms with van der Waals surface area (Å²) in [5.41, 5.74) is 11.1. The van der Waals surface area contributed by atoms with Gasteiger partial charge in [-0.15, -0.1) is 0 Å². The zero-order valence-corrected chi connectivity index (χ0v) is 20.4. The van der Waals surface area contributed by atoms with Gasteiger partial charge >= 0.3 is 0 Å². The van der Waals surface area contributed by atoms with Gasteiger partial charge in [0.05, 0.1) is 11.9 Å². The van der Waals surface area contributed by atoms with E-state index in [9.17, 15) is 18.7 Å². The summed E-state index contributed by atoms with van der Waals surface area (Å²) in [6.07, 6.45) is 3.04. The highest BCUT2D eigenvalue weighted by Crippen LogP contribution is 2.56. The number of hydrogen-bond donors (Lipinski definition) is 4. The van der Waals surface area contributed by atoms with Gasteiger partial charge in [0.2, 0.25) is 0 Å². The number of rotatable bonds is 7. The smallest absolute Gasteiger partial charge is 0.274 e. The topological polar surface area (TPSA) is 120 Å². The monoisotopic (exact) mass is 509 g/mol. The molecular formula is C26H29F2N7O2. The largest absolute Gasteiger partial charge is 0.384 e. The highest BCUT2D eigenvalue weighted by molar-refractivity contribution is 6.05. The first-order valence-corrected chi connectivity index (χ1v) is 12.4. The Morgan fingerprint density at radius 1 is 1.24 bits per heavy atom. The Hall–Kier alpha value is -3.73. The van der Waals surface area contributed by atoms with E-state index < -0.39 is 12.0 Å². The molecule has 5 N–H and O–H groups in total. The van der Waals surface area contributed by atoms with Crippen LogP contribution >= 0.6 is 0 Å². The van der Waals surface area contributed by atoms with Gasteiger partial charge in [-0.05, 0) is 56.4 Å². The predicted octanol–water partition coefficient (Wildman–Crippen LogP) is 2.86. The molecule has 1 saturated heterocycles. The van der Waals surface area contributed by atoms with Gasteiger partial charge in [0.15, 0.2) is 5.84 Å². The Kier molecular flexibility index (Phi) is 5.37. The summed E-state index contributed by atoms with van der Waals surface area (Å²) < 4.78 is 27.8. The average molecular weight is 510 g/mol. The number of pyridine rings is 1. The first-order chi connectivity index (χ1) is 17.6. The number of amidine groups is 1. The van der Waals surface area contributed by atoms with Crippen molar-refractivity contribution in [1.82, 2.24) is 14.8 Å². The molecule has 0 radical (unpaired) electrons. The second-order valence-electron chi connectivity index (χ2n) is 10.8. The summed E-state index contributed by atoms with van der Waals surface area (Å²) in [4.78, 5) is 19.7. The number of imidazole rings is 1. The normalized spacial score (nSPS) is 20.1. The number of aryl methyl sites for hydroxylation is 1. The number of nitrogens with zero attached hydrogens (tertiary/aromatic N) is 4. The molecule has 3 aromatic rings. The summed E-state index contributed by atoms with van der Waals surface area (Å²) in [6.45, 7) is 3.08. The van der Waals surface area contributed by atoms with Crippen LogP contribution in [0.4, 0.5) is 20.2 Å². The molecule has 2 saturated carbocycles. The van der Waals surface area contributed by atoms with Gasteiger partial charge in [-0.3, -0.25) is 9.20 Å².